The lowest BCUT2D eigenvalue weighted by molar-refractivity contribution is -0.136. The van der Waals surface area contributed by atoms with Crippen molar-refractivity contribution in [3.8, 4) is 0 Å². The molecule has 4 fully saturated rings. The summed E-state index contributed by atoms with van der Waals surface area (Å²) in [6.07, 6.45) is 6.13. The molecule has 0 radical (unpaired) electrons. The van der Waals surface area contributed by atoms with E-state index in [0.29, 0.717) is 5.92 Å². The van der Waals surface area contributed by atoms with E-state index in [2.05, 4.69) is 22.8 Å². The number of amides is 4. The number of urea groups is 1. The summed E-state index contributed by atoms with van der Waals surface area (Å²) in [5, 5.41) is 6.07. The second-order valence-electron chi connectivity index (χ2n) is 9.03. The van der Waals surface area contributed by atoms with Gasteiger partial charge in [-0.25, -0.2) is 4.79 Å². The Hall–Kier alpha value is -2.37. The molecule has 1 atom stereocenters. The predicted molar refractivity (Wildman–Crippen MR) is 103 cm³/mol. The summed E-state index contributed by atoms with van der Waals surface area (Å²) in [7, 11) is 0. The number of hydrogen-bond acceptors (Lipinski definition) is 3. The van der Waals surface area contributed by atoms with Crippen molar-refractivity contribution in [1.29, 1.82) is 0 Å². The third-order valence-corrected chi connectivity index (χ3v) is 6.75. The van der Waals surface area contributed by atoms with E-state index in [0.717, 1.165) is 49.0 Å². The smallest absolute Gasteiger partial charge is 0.325 e. The van der Waals surface area contributed by atoms with Crippen LogP contribution >= 0.6 is 0 Å². The highest BCUT2D eigenvalue weighted by atomic mass is 16.2. The molecule has 1 saturated heterocycles. The van der Waals surface area contributed by atoms with E-state index in [9.17, 15) is 14.4 Å². The maximum absolute atomic E-state index is 13.1. The molecule has 0 bridgehead atoms. The lowest BCUT2D eigenvalue weighted by Gasteiger charge is -2.26. The van der Waals surface area contributed by atoms with Gasteiger partial charge in [-0.15, -0.1) is 0 Å². The predicted octanol–water partition coefficient (Wildman–Crippen LogP) is 2.67. The summed E-state index contributed by atoms with van der Waals surface area (Å²) in [5.74, 6) is 0.485. The zero-order valence-corrected chi connectivity index (χ0v) is 16.2. The van der Waals surface area contributed by atoms with Gasteiger partial charge in [-0.05, 0) is 68.8 Å². The van der Waals surface area contributed by atoms with Crippen molar-refractivity contribution in [2.75, 3.05) is 6.54 Å². The molecule has 28 heavy (non-hydrogen) atoms. The van der Waals surface area contributed by atoms with E-state index >= 15 is 0 Å². The molecule has 148 valence electrons. The number of nitrogens with one attached hydrogen (secondary N) is 2. The average Bonchev–Trinajstić information content (AvgIpc) is 3.55. The molecule has 5 rings (SSSR count). The maximum atomic E-state index is 13.1. The van der Waals surface area contributed by atoms with Crippen LogP contribution < -0.4 is 10.6 Å². The molecule has 3 saturated carbocycles. The standard InChI is InChI=1S/C22H27N3O3/c1-13-2-4-14(5-3-13)19(15-6-7-15)23-18(26)12-25-20(27)22(16-8-9-16,17-10-11-17)24-21(25)28/h2-5,15-17,19H,6-12H2,1H3,(H,23,26)(H,24,28). The van der Waals surface area contributed by atoms with Gasteiger partial charge in [0, 0.05) is 0 Å². The normalized spacial score (nSPS) is 24.8. The van der Waals surface area contributed by atoms with E-state index in [1.54, 1.807) is 0 Å². The fourth-order valence-electron chi connectivity index (χ4n) is 4.76. The molecule has 6 heteroatoms. The van der Waals surface area contributed by atoms with Crippen LogP contribution in [0.15, 0.2) is 24.3 Å². The zero-order valence-electron chi connectivity index (χ0n) is 16.2. The topological polar surface area (TPSA) is 78.5 Å². The fourth-order valence-corrected chi connectivity index (χ4v) is 4.76. The number of carbonyl (C=O) groups is 3. The lowest BCUT2D eigenvalue weighted by atomic mass is 9.87. The van der Waals surface area contributed by atoms with E-state index < -0.39 is 11.6 Å². The van der Waals surface area contributed by atoms with Gasteiger partial charge in [-0.3, -0.25) is 14.5 Å². The van der Waals surface area contributed by atoms with Crippen molar-refractivity contribution in [3.05, 3.63) is 35.4 Å². The Kier molecular flexibility index (Phi) is 4.00. The Morgan fingerprint density at radius 1 is 1.11 bits per heavy atom. The summed E-state index contributed by atoms with van der Waals surface area (Å²) >= 11 is 0. The maximum Gasteiger partial charge on any atom is 0.325 e. The molecule has 1 unspecified atom stereocenters. The minimum Gasteiger partial charge on any atom is -0.347 e. The van der Waals surface area contributed by atoms with Crippen molar-refractivity contribution >= 4 is 17.8 Å². The van der Waals surface area contributed by atoms with Crippen LogP contribution in [0, 0.1) is 24.7 Å². The molecule has 4 amide bonds. The first-order chi connectivity index (χ1) is 13.5. The molecular weight excluding hydrogens is 354 g/mol. The first-order valence-corrected chi connectivity index (χ1v) is 10.5. The van der Waals surface area contributed by atoms with E-state index in [-0.39, 0.29) is 36.2 Å². The van der Waals surface area contributed by atoms with Gasteiger partial charge in [0.1, 0.15) is 12.1 Å². The molecule has 2 N–H and O–H groups in total. The van der Waals surface area contributed by atoms with Gasteiger partial charge in [0.05, 0.1) is 6.04 Å². The Morgan fingerprint density at radius 3 is 2.25 bits per heavy atom. The molecule has 0 spiro atoms. The third-order valence-electron chi connectivity index (χ3n) is 6.75. The zero-order chi connectivity index (χ0) is 19.5. The highest BCUT2D eigenvalue weighted by molar-refractivity contribution is 6.09. The summed E-state index contributed by atoms with van der Waals surface area (Å²) in [5.41, 5.74) is 1.54. The second kappa shape index (κ2) is 6.33. The molecule has 4 aliphatic rings. The van der Waals surface area contributed by atoms with Crippen molar-refractivity contribution in [2.45, 2.75) is 57.0 Å². The molecule has 6 nitrogen and oxygen atoms in total. The Balaban J connectivity index is 1.29. The molecule has 1 aromatic rings. The molecule has 1 aromatic carbocycles. The number of aryl methyl sites for hydroxylation is 1. The number of nitrogens with zero attached hydrogens (tertiary/aromatic N) is 1. The molecule has 1 heterocycles. The van der Waals surface area contributed by atoms with Crippen LogP contribution in [0.5, 0.6) is 0 Å². The molecule has 0 aromatic heterocycles. The average molecular weight is 381 g/mol. The van der Waals surface area contributed by atoms with Crippen LogP contribution in [0.25, 0.3) is 0 Å². The first kappa shape index (κ1) is 17.7. The highest BCUT2D eigenvalue weighted by Crippen LogP contribution is 2.54. The van der Waals surface area contributed by atoms with Crippen LogP contribution in [0.2, 0.25) is 0 Å². The van der Waals surface area contributed by atoms with Crippen molar-refractivity contribution < 1.29 is 14.4 Å². The summed E-state index contributed by atoms with van der Waals surface area (Å²) in [4.78, 5) is 39.6. The quantitative estimate of drug-likeness (QED) is 0.713. The van der Waals surface area contributed by atoms with Crippen molar-refractivity contribution in [2.24, 2.45) is 17.8 Å². The lowest BCUT2D eigenvalue weighted by Crippen LogP contribution is -2.51. The highest BCUT2D eigenvalue weighted by Gasteiger charge is 2.65. The number of imide groups is 1. The van der Waals surface area contributed by atoms with E-state index in [1.165, 1.54) is 5.56 Å². The van der Waals surface area contributed by atoms with Crippen molar-refractivity contribution in [3.63, 3.8) is 0 Å². The van der Waals surface area contributed by atoms with E-state index in [1.807, 2.05) is 19.1 Å². The van der Waals surface area contributed by atoms with Gasteiger partial charge in [-0.2, -0.15) is 0 Å². The third kappa shape index (κ3) is 2.99. The van der Waals surface area contributed by atoms with Gasteiger partial charge in [0.2, 0.25) is 5.91 Å². The Bertz CT molecular complexity index is 810. The number of carbonyl (C=O) groups excluding carboxylic acids is 3. The van der Waals surface area contributed by atoms with Crippen molar-refractivity contribution in [1.82, 2.24) is 15.5 Å². The molecular formula is C22H27N3O3. The summed E-state index contributed by atoms with van der Waals surface area (Å²) in [6, 6.07) is 7.75. The molecule has 1 aliphatic heterocycles. The van der Waals surface area contributed by atoms with Gasteiger partial charge in [-0.1, -0.05) is 29.8 Å². The second-order valence-corrected chi connectivity index (χ2v) is 9.03. The van der Waals surface area contributed by atoms with Gasteiger partial charge < -0.3 is 10.6 Å². The van der Waals surface area contributed by atoms with Crippen LogP contribution in [-0.2, 0) is 9.59 Å². The number of rotatable bonds is 7. The SMILES string of the molecule is Cc1ccc(C(NC(=O)CN2C(=O)NC(C3CC3)(C3CC3)C2=O)C2CC2)cc1. The number of hydrogen-bond donors (Lipinski definition) is 2. The Labute approximate surface area is 165 Å². The van der Waals surface area contributed by atoms with Gasteiger partial charge in [0.15, 0.2) is 0 Å². The largest absolute Gasteiger partial charge is 0.347 e. The van der Waals surface area contributed by atoms with Crippen LogP contribution in [0.1, 0.15) is 55.7 Å². The van der Waals surface area contributed by atoms with Crippen LogP contribution in [0.4, 0.5) is 4.79 Å². The van der Waals surface area contributed by atoms with Gasteiger partial charge in [0.25, 0.3) is 5.91 Å². The fraction of sp³-hybridized carbons (Fsp3) is 0.591. The minimum absolute atomic E-state index is 0.0505. The first-order valence-electron chi connectivity index (χ1n) is 10.5. The van der Waals surface area contributed by atoms with E-state index in [4.69, 9.17) is 0 Å². The minimum atomic E-state index is -0.732. The van der Waals surface area contributed by atoms with Gasteiger partial charge >= 0.3 is 6.03 Å². The Morgan fingerprint density at radius 2 is 1.71 bits per heavy atom. The monoisotopic (exact) mass is 381 g/mol. The number of benzene rings is 1. The summed E-state index contributed by atoms with van der Waals surface area (Å²) in [6.45, 7) is 1.85. The molecule has 3 aliphatic carbocycles. The van der Waals surface area contributed by atoms with Crippen LogP contribution in [0.3, 0.4) is 0 Å². The summed E-state index contributed by atoms with van der Waals surface area (Å²) < 4.78 is 0. The van der Waals surface area contributed by atoms with Crippen LogP contribution in [-0.4, -0.2) is 34.8 Å².